The third-order valence-corrected chi connectivity index (χ3v) is 2.57. The highest BCUT2D eigenvalue weighted by Crippen LogP contribution is 2.14. The Hall–Kier alpha value is -1.82. The van der Waals surface area contributed by atoms with Crippen molar-refractivity contribution < 1.29 is 23.8 Å². The monoisotopic (exact) mass is 255 g/mol. The number of nitrogens with one attached hydrogen (secondary N) is 1. The Bertz CT molecular complexity index is 438. The minimum atomic E-state index is -1.12. The van der Waals surface area contributed by atoms with Crippen molar-refractivity contribution in [1.82, 2.24) is 5.32 Å². The predicted octanol–water partition coefficient (Wildman–Crippen LogP) is 0.980. The Kier molecular flexibility index (Phi) is 4.91. The molecule has 1 aromatic rings. The number of hydrogen-bond acceptors (Lipinski definition) is 4. The van der Waals surface area contributed by atoms with Crippen LogP contribution in [0, 0.1) is 6.92 Å². The molecule has 0 aliphatic heterocycles. The van der Waals surface area contributed by atoms with Crippen molar-refractivity contribution in [3.05, 3.63) is 23.2 Å². The molecule has 6 nitrogen and oxygen atoms in total. The largest absolute Gasteiger partial charge is 0.479 e. The molecule has 0 bridgehead atoms. The van der Waals surface area contributed by atoms with Crippen LogP contribution in [0.4, 0.5) is 0 Å². The maximum absolute atomic E-state index is 11.7. The van der Waals surface area contributed by atoms with Crippen molar-refractivity contribution in [2.45, 2.75) is 26.4 Å². The second kappa shape index (κ2) is 6.20. The average Bonchev–Trinajstić information content (AvgIpc) is 2.70. The van der Waals surface area contributed by atoms with E-state index >= 15 is 0 Å². The van der Waals surface area contributed by atoms with E-state index in [9.17, 15) is 9.59 Å². The van der Waals surface area contributed by atoms with Crippen LogP contribution in [0.15, 0.2) is 10.5 Å². The lowest BCUT2D eigenvalue weighted by Gasteiger charge is -2.10. The van der Waals surface area contributed by atoms with Crippen molar-refractivity contribution in [1.29, 1.82) is 0 Å². The summed E-state index contributed by atoms with van der Waals surface area (Å²) in [5, 5.41) is 11.2. The van der Waals surface area contributed by atoms with Gasteiger partial charge in [0.2, 0.25) is 0 Å². The fourth-order valence-corrected chi connectivity index (χ4v) is 1.53. The Morgan fingerprint density at radius 1 is 1.56 bits per heavy atom. The SMILES string of the molecule is CCc1oc(C(=O)NCC(OC)C(=O)O)cc1C. The summed E-state index contributed by atoms with van der Waals surface area (Å²) in [5.41, 5.74) is 0.907. The molecule has 1 unspecified atom stereocenters. The minimum absolute atomic E-state index is 0.105. The third kappa shape index (κ3) is 3.33. The lowest BCUT2D eigenvalue weighted by molar-refractivity contribution is -0.148. The van der Waals surface area contributed by atoms with Crippen LogP contribution in [0.1, 0.15) is 28.8 Å². The van der Waals surface area contributed by atoms with Crippen molar-refractivity contribution in [2.75, 3.05) is 13.7 Å². The number of ether oxygens (including phenoxy) is 1. The first kappa shape index (κ1) is 14.2. The molecule has 0 aromatic carbocycles. The first-order valence-electron chi connectivity index (χ1n) is 5.62. The van der Waals surface area contributed by atoms with Crippen LogP contribution in [0.3, 0.4) is 0 Å². The van der Waals surface area contributed by atoms with Crippen molar-refractivity contribution in [3.8, 4) is 0 Å². The molecular weight excluding hydrogens is 238 g/mol. The van der Waals surface area contributed by atoms with E-state index in [-0.39, 0.29) is 12.3 Å². The molecule has 1 amide bonds. The van der Waals surface area contributed by atoms with E-state index < -0.39 is 18.0 Å². The van der Waals surface area contributed by atoms with Gasteiger partial charge in [-0.3, -0.25) is 4.79 Å². The molecule has 0 fully saturated rings. The Labute approximate surface area is 105 Å². The van der Waals surface area contributed by atoms with E-state index in [1.165, 1.54) is 7.11 Å². The predicted molar refractivity (Wildman–Crippen MR) is 63.6 cm³/mol. The number of methoxy groups -OCH3 is 1. The van der Waals surface area contributed by atoms with Gasteiger partial charge < -0.3 is 19.6 Å². The molecule has 0 aliphatic rings. The van der Waals surface area contributed by atoms with Gasteiger partial charge in [0.1, 0.15) is 5.76 Å². The number of amides is 1. The highest BCUT2D eigenvalue weighted by atomic mass is 16.5. The maximum Gasteiger partial charge on any atom is 0.334 e. The molecule has 1 heterocycles. The Balaban J connectivity index is 2.62. The quantitative estimate of drug-likeness (QED) is 0.791. The molecule has 0 spiro atoms. The first-order chi connectivity index (χ1) is 8.49. The number of furan rings is 1. The topological polar surface area (TPSA) is 88.8 Å². The van der Waals surface area contributed by atoms with Crippen LogP contribution < -0.4 is 5.32 Å². The number of carboxylic acid groups (broad SMARTS) is 1. The van der Waals surface area contributed by atoms with Gasteiger partial charge in [0.15, 0.2) is 11.9 Å². The zero-order valence-electron chi connectivity index (χ0n) is 10.6. The summed E-state index contributed by atoms with van der Waals surface area (Å²) in [4.78, 5) is 22.4. The van der Waals surface area contributed by atoms with Crippen LogP contribution in [0.2, 0.25) is 0 Å². The highest BCUT2D eigenvalue weighted by Gasteiger charge is 2.19. The molecule has 1 atom stereocenters. The molecule has 0 saturated carbocycles. The van der Waals surface area contributed by atoms with E-state index in [2.05, 4.69) is 5.32 Å². The zero-order valence-corrected chi connectivity index (χ0v) is 10.6. The van der Waals surface area contributed by atoms with E-state index in [1.807, 2.05) is 13.8 Å². The molecule has 6 heteroatoms. The van der Waals surface area contributed by atoms with Crippen LogP contribution in [0.25, 0.3) is 0 Å². The summed E-state index contributed by atoms with van der Waals surface area (Å²) in [7, 11) is 1.27. The van der Waals surface area contributed by atoms with Crippen molar-refractivity contribution >= 4 is 11.9 Å². The number of aryl methyl sites for hydroxylation is 2. The third-order valence-electron chi connectivity index (χ3n) is 2.57. The van der Waals surface area contributed by atoms with Gasteiger partial charge in [-0.05, 0) is 18.6 Å². The van der Waals surface area contributed by atoms with Gasteiger partial charge in [-0.2, -0.15) is 0 Å². The number of carbonyl (C=O) groups is 2. The van der Waals surface area contributed by atoms with Crippen molar-refractivity contribution in [2.24, 2.45) is 0 Å². The lowest BCUT2D eigenvalue weighted by atomic mass is 10.2. The molecule has 2 N–H and O–H groups in total. The van der Waals surface area contributed by atoms with Gasteiger partial charge >= 0.3 is 5.97 Å². The highest BCUT2D eigenvalue weighted by molar-refractivity contribution is 5.92. The molecule has 0 aliphatic carbocycles. The van der Waals surface area contributed by atoms with Gasteiger partial charge in [0.25, 0.3) is 5.91 Å². The van der Waals surface area contributed by atoms with E-state index in [0.717, 1.165) is 11.3 Å². The Morgan fingerprint density at radius 2 is 2.22 bits per heavy atom. The van der Waals surface area contributed by atoms with Crippen LogP contribution in [-0.4, -0.2) is 36.7 Å². The molecule has 18 heavy (non-hydrogen) atoms. The number of hydrogen-bond donors (Lipinski definition) is 2. The second-order valence-corrected chi connectivity index (χ2v) is 3.84. The van der Waals surface area contributed by atoms with Gasteiger partial charge in [0.05, 0.1) is 6.54 Å². The molecule has 0 saturated heterocycles. The normalized spacial score (nSPS) is 12.2. The summed E-state index contributed by atoms with van der Waals surface area (Å²) in [6.45, 7) is 3.68. The zero-order chi connectivity index (χ0) is 13.7. The smallest absolute Gasteiger partial charge is 0.334 e. The second-order valence-electron chi connectivity index (χ2n) is 3.84. The maximum atomic E-state index is 11.7. The molecule has 1 aromatic heterocycles. The van der Waals surface area contributed by atoms with Crippen molar-refractivity contribution in [3.63, 3.8) is 0 Å². The average molecular weight is 255 g/mol. The summed E-state index contributed by atoms with van der Waals surface area (Å²) >= 11 is 0. The summed E-state index contributed by atoms with van der Waals surface area (Å²) in [5.74, 6) is -0.630. The van der Waals surface area contributed by atoms with E-state index in [4.69, 9.17) is 14.3 Å². The molecular formula is C12H17NO5. The fourth-order valence-electron chi connectivity index (χ4n) is 1.53. The lowest BCUT2D eigenvalue weighted by Crippen LogP contribution is -2.37. The fraction of sp³-hybridized carbons (Fsp3) is 0.500. The Morgan fingerprint density at radius 3 is 2.67 bits per heavy atom. The van der Waals surface area contributed by atoms with E-state index in [1.54, 1.807) is 6.07 Å². The van der Waals surface area contributed by atoms with Crippen LogP contribution in [-0.2, 0) is 16.0 Å². The molecule has 1 rings (SSSR count). The van der Waals surface area contributed by atoms with Crippen LogP contribution >= 0.6 is 0 Å². The number of carboxylic acids is 1. The van der Waals surface area contributed by atoms with Crippen LogP contribution in [0.5, 0.6) is 0 Å². The molecule has 0 radical (unpaired) electrons. The number of aliphatic carboxylic acids is 1. The number of carbonyl (C=O) groups excluding carboxylic acids is 1. The standard InChI is InChI=1S/C12H17NO5/c1-4-8-7(2)5-9(18-8)11(14)13-6-10(17-3)12(15)16/h5,10H,4,6H2,1-3H3,(H,13,14)(H,15,16). The van der Waals surface area contributed by atoms with Gasteiger partial charge in [0, 0.05) is 13.5 Å². The summed E-state index contributed by atoms with van der Waals surface area (Å²) in [6.07, 6.45) is -0.356. The van der Waals surface area contributed by atoms with E-state index in [0.29, 0.717) is 6.42 Å². The summed E-state index contributed by atoms with van der Waals surface area (Å²) in [6, 6.07) is 1.64. The minimum Gasteiger partial charge on any atom is -0.479 e. The molecule has 100 valence electrons. The first-order valence-corrected chi connectivity index (χ1v) is 5.62. The summed E-state index contributed by atoms with van der Waals surface area (Å²) < 4.78 is 10.1. The van der Waals surface area contributed by atoms with Gasteiger partial charge in [-0.15, -0.1) is 0 Å². The van der Waals surface area contributed by atoms with Gasteiger partial charge in [-0.1, -0.05) is 6.92 Å². The van der Waals surface area contributed by atoms with Gasteiger partial charge in [-0.25, -0.2) is 4.79 Å². The number of rotatable bonds is 6.